The molecule has 0 aliphatic rings. The minimum absolute atomic E-state index is 0.755. The summed E-state index contributed by atoms with van der Waals surface area (Å²) in [6.45, 7) is 1.68. The van der Waals surface area contributed by atoms with Crippen LogP contribution in [0.1, 0.15) is 11.4 Å². The molecule has 0 amide bonds. The van der Waals surface area contributed by atoms with Gasteiger partial charge >= 0.3 is 0 Å². The lowest BCUT2D eigenvalue weighted by Gasteiger charge is -2.14. The van der Waals surface area contributed by atoms with Crippen LogP contribution in [0.4, 0.5) is 5.69 Å². The Hall–Kier alpha value is -2.33. The number of imidazole rings is 1. The first-order valence-electron chi connectivity index (χ1n) is 6.67. The van der Waals surface area contributed by atoms with Crippen LogP contribution in [0, 0.1) is 0 Å². The largest absolute Gasteiger partial charge is 0.399 e. The second-order valence-electron chi connectivity index (χ2n) is 5.12. The number of benzene rings is 2. The molecule has 20 heavy (non-hydrogen) atoms. The Bertz CT molecular complexity index is 703. The molecule has 0 saturated carbocycles. The van der Waals surface area contributed by atoms with Crippen molar-refractivity contribution in [3.8, 4) is 0 Å². The molecule has 0 aliphatic heterocycles. The zero-order valence-electron chi connectivity index (χ0n) is 11.5. The molecule has 0 spiro atoms. The molecule has 3 aromatic rings. The summed E-state index contributed by atoms with van der Waals surface area (Å²) in [5, 5.41) is 0. The number of nitrogens with zero attached hydrogens (tertiary/aromatic N) is 2. The maximum atomic E-state index is 5.78. The van der Waals surface area contributed by atoms with E-state index in [1.165, 1.54) is 5.56 Å². The van der Waals surface area contributed by atoms with Gasteiger partial charge in [-0.25, -0.2) is 4.98 Å². The first-order chi connectivity index (χ1) is 9.70. The lowest BCUT2D eigenvalue weighted by atomic mass is 10.2. The number of nitrogens with one attached hydrogen (secondary N) is 1. The number of hydrogen-bond acceptors (Lipinski definition) is 3. The minimum atomic E-state index is 0.755. The van der Waals surface area contributed by atoms with Crippen LogP contribution in [0.3, 0.4) is 0 Å². The van der Waals surface area contributed by atoms with E-state index in [0.29, 0.717) is 0 Å². The molecule has 2 aromatic carbocycles. The summed E-state index contributed by atoms with van der Waals surface area (Å²) in [6.07, 6.45) is 0. The molecule has 0 radical (unpaired) electrons. The molecule has 0 bridgehead atoms. The molecule has 3 rings (SSSR count). The maximum Gasteiger partial charge on any atom is 0.121 e. The van der Waals surface area contributed by atoms with Crippen LogP contribution in [-0.2, 0) is 13.1 Å². The van der Waals surface area contributed by atoms with Crippen LogP contribution < -0.4 is 5.73 Å². The third kappa shape index (κ3) is 2.81. The van der Waals surface area contributed by atoms with Crippen molar-refractivity contribution in [2.45, 2.75) is 13.1 Å². The normalized spacial score (nSPS) is 11.3. The summed E-state index contributed by atoms with van der Waals surface area (Å²) in [7, 11) is 2.09. The van der Waals surface area contributed by atoms with E-state index in [-0.39, 0.29) is 0 Å². The Morgan fingerprint density at radius 2 is 1.90 bits per heavy atom. The topological polar surface area (TPSA) is 57.9 Å². The zero-order chi connectivity index (χ0) is 13.9. The molecule has 0 unspecified atom stereocenters. The molecule has 0 aliphatic carbocycles. The Morgan fingerprint density at radius 1 is 1.10 bits per heavy atom. The van der Waals surface area contributed by atoms with Gasteiger partial charge in [-0.3, -0.25) is 4.90 Å². The lowest BCUT2D eigenvalue weighted by molar-refractivity contribution is 0.312. The highest BCUT2D eigenvalue weighted by atomic mass is 15.1. The van der Waals surface area contributed by atoms with Gasteiger partial charge in [-0.2, -0.15) is 0 Å². The van der Waals surface area contributed by atoms with Gasteiger partial charge in [-0.15, -0.1) is 0 Å². The smallest absolute Gasteiger partial charge is 0.121 e. The van der Waals surface area contributed by atoms with Crippen LogP contribution in [-0.4, -0.2) is 21.9 Å². The Balaban J connectivity index is 1.72. The van der Waals surface area contributed by atoms with Crippen molar-refractivity contribution < 1.29 is 0 Å². The number of anilines is 1. The highest BCUT2D eigenvalue weighted by Gasteiger charge is 2.06. The number of aromatic amines is 1. The predicted molar refractivity (Wildman–Crippen MR) is 82.1 cm³/mol. The van der Waals surface area contributed by atoms with E-state index in [1.807, 2.05) is 24.3 Å². The fourth-order valence-electron chi connectivity index (χ4n) is 2.36. The summed E-state index contributed by atoms with van der Waals surface area (Å²) in [5.41, 5.74) is 9.79. The molecule has 0 saturated heterocycles. The summed E-state index contributed by atoms with van der Waals surface area (Å²) < 4.78 is 0. The minimum Gasteiger partial charge on any atom is -0.399 e. The SMILES string of the molecule is CN(Cc1ccccc1)Cc1nc2ccc(N)cc2[nH]1. The van der Waals surface area contributed by atoms with Crippen LogP contribution in [0.2, 0.25) is 0 Å². The molecule has 1 heterocycles. The monoisotopic (exact) mass is 266 g/mol. The summed E-state index contributed by atoms with van der Waals surface area (Å²) in [6, 6.07) is 16.2. The van der Waals surface area contributed by atoms with Crippen molar-refractivity contribution in [3.63, 3.8) is 0 Å². The van der Waals surface area contributed by atoms with E-state index in [1.54, 1.807) is 0 Å². The molecular formula is C16H18N4. The van der Waals surface area contributed by atoms with E-state index in [4.69, 9.17) is 5.73 Å². The molecule has 4 heteroatoms. The van der Waals surface area contributed by atoms with Gasteiger partial charge in [0.05, 0.1) is 17.6 Å². The van der Waals surface area contributed by atoms with Gasteiger partial charge < -0.3 is 10.7 Å². The van der Waals surface area contributed by atoms with E-state index >= 15 is 0 Å². The Kier molecular flexibility index (Phi) is 3.39. The highest BCUT2D eigenvalue weighted by Crippen LogP contribution is 2.16. The number of fused-ring (bicyclic) bond motifs is 1. The van der Waals surface area contributed by atoms with Crippen molar-refractivity contribution >= 4 is 16.7 Å². The van der Waals surface area contributed by atoms with Crippen molar-refractivity contribution in [3.05, 3.63) is 59.9 Å². The molecule has 1 aromatic heterocycles. The van der Waals surface area contributed by atoms with Gasteiger partial charge in [-0.05, 0) is 30.8 Å². The number of H-pyrrole nitrogens is 1. The van der Waals surface area contributed by atoms with Gasteiger partial charge in [0.2, 0.25) is 0 Å². The molecule has 4 nitrogen and oxygen atoms in total. The molecule has 0 atom stereocenters. The maximum absolute atomic E-state index is 5.78. The molecule has 3 N–H and O–H groups in total. The summed E-state index contributed by atoms with van der Waals surface area (Å²) >= 11 is 0. The predicted octanol–water partition coefficient (Wildman–Crippen LogP) is 2.78. The standard InChI is InChI=1S/C16H18N4/c1-20(10-12-5-3-2-4-6-12)11-16-18-14-8-7-13(17)9-15(14)19-16/h2-9H,10-11,17H2,1H3,(H,18,19). The second-order valence-corrected chi connectivity index (χ2v) is 5.12. The van der Waals surface area contributed by atoms with Crippen molar-refractivity contribution in [1.82, 2.24) is 14.9 Å². The van der Waals surface area contributed by atoms with E-state index < -0.39 is 0 Å². The molecule has 0 fully saturated rings. The van der Waals surface area contributed by atoms with E-state index in [2.05, 4.69) is 46.2 Å². The summed E-state index contributed by atoms with van der Waals surface area (Å²) in [4.78, 5) is 10.1. The number of hydrogen-bond donors (Lipinski definition) is 2. The third-order valence-electron chi connectivity index (χ3n) is 3.27. The van der Waals surface area contributed by atoms with Crippen LogP contribution in [0.25, 0.3) is 11.0 Å². The first-order valence-corrected chi connectivity index (χ1v) is 6.67. The van der Waals surface area contributed by atoms with Gasteiger partial charge in [-0.1, -0.05) is 30.3 Å². The van der Waals surface area contributed by atoms with Gasteiger partial charge in [0.15, 0.2) is 0 Å². The number of aromatic nitrogens is 2. The number of nitrogen functional groups attached to an aromatic ring is 1. The van der Waals surface area contributed by atoms with Crippen molar-refractivity contribution in [1.29, 1.82) is 0 Å². The Morgan fingerprint density at radius 3 is 2.70 bits per heavy atom. The highest BCUT2D eigenvalue weighted by molar-refractivity contribution is 5.78. The van der Waals surface area contributed by atoms with Crippen LogP contribution in [0.15, 0.2) is 48.5 Å². The fraction of sp³-hybridized carbons (Fsp3) is 0.188. The van der Waals surface area contributed by atoms with Crippen LogP contribution >= 0.6 is 0 Å². The molecular weight excluding hydrogens is 248 g/mol. The van der Waals surface area contributed by atoms with Gasteiger partial charge in [0, 0.05) is 12.2 Å². The number of nitrogens with two attached hydrogens (primary N) is 1. The third-order valence-corrected chi connectivity index (χ3v) is 3.27. The Labute approximate surface area is 118 Å². The number of rotatable bonds is 4. The van der Waals surface area contributed by atoms with E-state index in [9.17, 15) is 0 Å². The quantitative estimate of drug-likeness (QED) is 0.714. The first kappa shape index (κ1) is 12.7. The van der Waals surface area contributed by atoms with Gasteiger partial charge in [0.1, 0.15) is 5.82 Å². The van der Waals surface area contributed by atoms with Crippen LogP contribution in [0.5, 0.6) is 0 Å². The zero-order valence-corrected chi connectivity index (χ0v) is 11.5. The summed E-state index contributed by atoms with van der Waals surface area (Å²) in [5.74, 6) is 0.962. The second kappa shape index (κ2) is 5.35. The van der Waals surface area contributed by atoms with Crippen molar-refractivity contribution in [2.75, 3.05) is 12.8 Å². The van der Waals surface area contributed by atoms with Gasteiger partial charge in [0.25, 0.3) is 0 Å². The lowest BCUT2D eigenvalue weighted by Crippen LogP contribution is -2.17. The average molecular weight is 266 g/mol. The average Bonchev–Trinajstić information content (AvgIpc) is 2.80. The van der Waals surface area contributed by atoms with E-state index in [0.717, 1.165) is 35.6 Å². The van der Waals surface area contributed by atoms with Crippen molar-refractivity contribution in [2.24, 2.45) is 0 Å². The molecule has 102 valence electrons. The fourth-order valence-corrected chi connectivity index (χ4v) is 2.36.